The van der Waals surface area contributed by atoms with E-state index in [1.54, 1.807) is 19.2 Å². The van der Waals surface area contributed by atoms with Gasteiger partial charge in [-0.05, 0) is 32.0 Å². The van der Waals surface area contributed by atoms with E-state index in [2.05, 4.69) is 5.32 Å². The first-order chi connectivity index (χ1) is 12.0. The van der Waals surface area contributed by atoms with Gasteiger partial charge in [0.05, 0.1) is 13.2 Å². The Bertz CT molecular complexity index is 757. The lowest BCUT2D eigenvalue weighted by atomic mass is 9.90. The van der Waals surface area contributed by atoms with Gasteiger partial charge in [-0.3, -0.25) is 4.79 Å². The van der Waals surface area contributed by atoms with Crippen LogP contribution in [0.4, 0.5) is 0 Å². The third-order valence-corrected chi connectivity index (χ3v) is 4.12. The number of carbonyl (C=O) groups excluding carboxylic acids is 1. The highest BCUT2D eigenvalue weighted by Crippen LogP contribution is 2.39. The number of methoxy groups -OCH3 is 1. The van der Waals surface area contributed by atoms with Crippen LogP contribution >= 0.6 is 0 Å². The molecule has 0 saturated heterocycles. The van der Waals surface area contributed by atoms with Crippen LogP contribution in [0.5, 0.6) is 17.2 Å². The average molecular weight is 341 g/mol. The van der Waals surface area contributed by atoms with Crippen LogP contribution in [0.3, 0.4) is 0 Å². The van der Waals surface area contributed by atoms with Crippen molar-refractivity contribution >= 4 is 5.91 Å². The van der Waals surface area contributed by atoms with Crippen molar-refractivity contribution in [1.82, 2.24) is 5.32 Å². The molecule has 132 valence electrons. The van der Waals surface area contributed by atoms with E-state index < -0.39 is 0 Å². The van der Waals surface area contributed by atoms with E-state index in [1.165, 1.54) is 0 Å². The zero-order chi connectivity index (χ0) is 17.9. The molecule has 1 heterocycles. The third-order valence-electron chi connectivity index (χ3n) is 4.12. The molecule has 2 aromatic carbocycles. The van der Waals surface area contributed by atoms with Gasteiger partial charge in [-0.25, -0.2) is 0 Å². The fourth-order valence-electron chi connectivity index (χ4n) is 3.01. The number of hydrogen-bond acceptors (Lipinski definition) is 4. The van der Waals surface area contributed by atoms with Crippen LogP contribution < -0.4 is 19.5 Å². The van der Waals surface area contributed by atoms with Crippen LogP contribution in [0.25, 0.3) is 0 Å². The smallest absolute Gasteiger partial charge is 0.258 e. The predicted molar refractivity (Wildman–Crippen MR) is 95.1 cm³/mol. The van der Waals surface area contributed by atoms with Gasteiger partial charge in [0.1, 0.15) is 22.8 Å². The predicted octanol–water partition coefficient (Wildman–Crippen LogP) is 3.49. The highest BCUT2D eigenvalue weighted by molar-refractivity contribution is 5.78. The fourth-order valence-corrected chi connectivity index (χ4v) is 3.01. The van der Waals surface area contributed by atoms with Crippen molar-refractivity contribution in [2.75, 3.05) is 13.7 Å². The van der Waals surface area contributed by atoms with E-state index in [-0.39, 0.29) is 24.2 Å². The minimum Gasteiger partial charge on any atom is -0.497 e. The number of nitrogens with one attached hydrogen (secondary N) is 1. The largest absolute Gasteiger partial charge is 0.497 e. The molecule has 25 heavy (non-hydrogen) atoms. The van der Waals surface area contributed by atoms with Crippen molar-refractivity contribution in [2.24, 2.45) is 0 Å². The van der Waals surface area contributed by atoms with E-state index in [9.17, 15) is 4.79 Å². The van der Waals surface area contributed by atoms with E-state index in [1.807, 2.05) is 50.2 Å². The molecule has 1 amide bonds. The molecule has 5 heteroatoms. The summed E-state index contributed by atoms with van der Waals surface area (Å²) in [6, 6.07) is 14.9. The first kappa shape index (κ1) is 17.1. The maximum atomic E-state index is 12.4. The second-order valence-electron chi connectivity index (χ2n) is 6.69. The number of amides is 1. The summed E-state index contributed by atoms with van der Waals surface area (Å²) in [5, 5.41) is 3.05. The molecule has 1 aliphatic heterocycles. The highest BCUT2D eigenvalue weighted by Gasteiger charge is 2.34. The molecule has 0 unspecified atom stereocenters. The Morgan fingerprint density at radius 1 is 1.20 bits per heavy atom. The molecular formula is C20H23NO4. The summed E-state index contributed by atoms with van der Waals surface area (Å²) in [5.41, 5.74) is 0.663. The van der Waals surface area contributed by atoms with Crippen LogP contribution in [-0.4, -0.2) is 25.2 Å². The molecule has 2 aromatic rings. The topological polar surface area (TPSA) is 56.8 Å². The molecule has 1 N–H and O–H groups in total. The Kier molecular flexibility index (Phi) is 4.83. The average Bonchev–Trinajstić information content (AvgIpc) is 2.59. The fraction of sp³-hybridized carbons (Fsp3) is 0.350. The van der Waals surface area contributed by atoms with Crippen LogP contribution in [0, 0.1) is 0 Å². The van der Waals surface area contributed by atoms with Crippen LogP contribution in [0.2, 0.25) is 0 Å². The summed E-state index contributed by atoms with van der Waals surface area (Å²) in [6.07, 6.45) is 0.703. The minimum absolute atomic E-state index is 0.0485. The molecule has 0 radical (unpaired) electrons. The van der Waals surface area contributed by atoms with Gasteiger partial charge in [0, 0.05) is 18.1 Å². The Hall–Kier alpha value is -2.69. The summed E-state index contributed by atoms with van der Waals surface area (Å²) in [7, 11) is 1.59. The molecule has 3 rings (SSSR count). The number of fused-ring (bicyclic) bond motifs is 1. The van der Waals surface area contributed by atoms with Gasteiger partial charge in [-0.15, -0.1) is 0 Å². The lowest BCUT2D eigenvalue weighted by molar-refractivity contribution is -0.124. The van der Waals surface area contributed by atoms with Gasteiger partial charge in [0.25, 0.3) is 5.91 Å². The number of benzene rings is 2. The Labute approximate surface area is 147 Å². The molecule has 0 spiro atoms. The van der Waals surface area contributed by atoms with Crippen molar-refractivity contribution in [1.29, 1.82) is 0 Å². The molecule has 0 fully saturated rings. The van der Waals surface area contributed by atoms with Crippen molar-refractivity contribution in [3.05, 3.63) is 54.1 Å². The standard InChI is InChI=1S/C20H23NO4/c1-20(2)12-17(16-9-4-5-10-18(16)25-20)21-19(22)13-24-15-8-6-7-14(11-15)23-3/h4-11,17H,12-13H2,1-3H3,(H,21,22)/t17-/m1/s1. The summed E-state index contributed by atoms with van der Waals surface area (Å²) in [5.74, 6) is 1.94. The van der Waals surface area contributed by atoms with Crippen molar-refractivity contribution in [3.63, 3.8) is 0 Å². The third kappa shape index (κ3) is 4.24. The molecule has 5 nitrogen and oxygen atoms in total. The number of rotatable bonds is 5. The van der Waals surface area contributed by atoms with Gasteiger partial charge in [0.15, 0.2) is 6.61 Å². The Balaban J connectivity index is 1.64. The SMILES string of the molecule is COc1cccc(OCC(=O)N[C@@H]2CC(C)(C)Oc3ccccc32)c1. The Morgan fingerprint density at radius 3 is 2.76 bits per heavy atom. The van der Waals surface area contributed by atoms with Crippen molar-refractivity contribution in [3.8, 4) is 17.2 Å². The maximum absolute atomic E-state index is 12.4. The van der Waals surface area contributed by atoms with Gasteiger partial charge in [-0.2, -0.15) is 0 Å². The number of carbonyl (C=O) groups is 1. The van der Waals surface area contributed by atoms with E-state index in [0.717, 1.165) is 11.3 Å². The Morgan fingerprint density at radius 2 is 1.96 bits per heavy atom. The van der Waals surface area contributed by atoms with Gasteiger partial charge in [-0.1, -0.05) is 24.3 Å². The maximum Gasteiger partial charge on any atom is 0.258 e. The first-order valence-corrected chi connectivity index (χ1v) is 8.31. The lowest BCUT2D eigenvalue weighted by Crippen LogP contribution is -2.42. The van der Waals surface area contributed by atoms with Gasteiger partial charge >= 0.3 is 0 Å². The van der Waals surface area contributed by atoms with Crippen molar-refractivity contribution in [2.45, 2.75) is 31.9 Å². The van der Waals surface area contributed by atoms with E-state index in [0.29, 0.717) is 17.9 Å². The second-order valence-corrected chi connectivity index (χ2v) is 6.69. The zero-order valence-electron chi connectivity index (χ0n) is 14.7. The second kappa shape index (κ2) is 7.05. The number of ether oxygens (including phenoxy) is 3. The molecule has 1 atom stereocenters. The molecule has 0 bridgehead atoms. The van der Waals surface area contributed by atoms with Gasteiger partial charge in [0.2, 0.25) is 0 Å². The molecular weight excluding hydrogens is 318 g/mol. The number of para-hydroxylation sites is 1. The van der Waals surface area contributed by atoms with Crippen molar-refractivity contribution < 1.29 is 19.0 Å². The molecule has 0 aromatic heterocycles. The molecule has 0 saturated carbocycles. The normalized spacial score (nSPS) is 17.8. The first-order valence-electron chi connectivity index (χ1n) is 8.31. The molecule has 1 aliphatic rings. The van der Waals surface area contributed by atoms with E-state index in [4.69, 9.17) is 14.2 Å². The minimum atomic E-state index is -0.333. The van der Waals surface area contributed by atoms with Crippen LogP contribution in [-0.2, 0) is 4.79 Å². The molecule has 0 aliphatic carbocycles. The lowest BCUT2D eigenvalue weighted by Gasteiger charge is -2.37. The summed E-state index contributed by atoms with van der Waals surface area (Å²) in [4.78, 5) is 12.4. The monoisotopic (exact) mass is 341 g/mol. The van der Waals surface area contributed by atoms with Crippen LogP contribution in [0.15, 0.2) is 48.5 Å². The summed E-state index contributed by atoms with van der Waals surface area (Å²) < 4.78 is 16.7. The van der Waals surface area contributed by atoms with E-state index >= 15 is 0 Å². The quantitative estimate of drug-likeness (QED) is 0.904. The number of hydrogen-bond donors (Lipinski definition) is 1. The highest BCUT2D eigenvalue weighted by atomic mass is 16.5. The zero-order valence-corrected chi connectivity index (χ0v) is 14.7. The summed E-state index contributed by atoms with van der Waals surface area (Å²) >= 11 is 0. The van der Waals surface area contributed by atoms with Gasteiger partial charge < -0.3 is 19.5 Å². The summed E-state index contributed by atoms with van der Waals surface area (Å²) in [6.45, 7) is 4.00. The van der Waals surface area contributed by atoms with Crippen LogP contribution in [0.1, 0.15) is 31.9 Å².